The van der Waals surface area contributed by atoms with Crippen molar-refractivity contribution in [1.82, 2.24) is 14.9 Å². The first kappa shape index (κ1) is 16.9. The van der Waals surface area contributed by atoms with Gasteiger partial charge in [0, 0.05) is 36.6 Å². The van der Waals surface area contributed by atoms with Crippen LogP contribution in [0.15, 0.2) is 41.8 Å². The molecular weight excluding hydrogens is 337 g/mol. The number of fused-ring (bicyclic) bond motifs is 2. The van der Waals surface area contributed by atoms with Crippen molar-refractivity contribution < 1.29 is 9.50 Å². The first-order valence-corrected chi connectivity index (χ1v) is 9.89. The molecule has 2 bridgehead atoms. The third kappa shape index (κ3) is 3.30. The maximum Gasteiger partial charge on any atom is 0.187 e. The zero-order valence-electron chi connectivity index (χ0n) is 14.2. The van der Waals surface area contributed by atoms with E-state index in [4.69, 9.17) is 0 Å². The van der Waals surface area contributed by atoms with E-state index in [1.807, 2.05) is 18.6 Å². The number of benzene rings is 1. The fourth-order valence-corrected chi connectivity index (χ4v) is 4.63. The Bertz CT molecular complexity index is 723. The molecule has 1 unspecified atom stereocenters. The first-order valence-electron chi connectivity index (χ1n) is 8.66. The molecule has 6 heteroatoms. The van der Waals surface area contributed by atoms with Crippen LogP contribution in [-0.4, -0.2) is 38.3 Å². The lowest BCUT2D eigenvalue weighted by Gasteiger charge is -2.44. The molecule has 1 N–H and O–H groups in total. The van der Waals surface area contributed by atoms with E-state index in [1.165, 1.54) is 23.9 Å². The van der Waals surface area contributed by atoms with Crippen LogP contribution in [0.1, 0.15) is 36.8 Å². The summed E-state index contributed by atoms with van der Waals surface area (Å²) in [4.78, 5) is 11.2. The lowest BCUT2D eigenvalue weighted by Crippen LogP contribution is -2.49. The molecule has 2 saturated heterocycles. The van der Waals surface area contributed by atoms with Gasteiger partial charge in [-0.2, -0.15) is 0 Å². The zero-order chi connectivity index (χ0) is 17.4. The van der Waals surface area contributed by atoms with Crippen molar-refractivity contribution in [2.24, 2.45) is 0 Å². The zero-order valence-corrected chi connectivity index (χ0v) is 15.0. The van der Waals surface area contributed by atoms with Crippen LogP contribution in [-0.2, 0) is 12.1 Å². The molecular formula is C19H22FN3OS. The van der Waals surface area contributed by atoms with Crippen molar-refractivity contribution in [2.75, 3.05) is 6.26 Å². The van der Waals surface area contributed by atoms with Crippen molar-refractivity contribution in [2.45, 2.75) is 55.1 Å². The van der Waals surface area contributed by atoms with Gasteiger partial charge in [0.25, 0.3) is 0 Å². The Morgan fingerprint density at radius 3 is 2.32 bits per heavy atom. The molecule has 0 spiro atoms. The van der Waals surface area contributed by atoms with E-state index < -0.39 is 5.60 Å². The summed E-state index contributed by atoms with van der Waals surface area (Å²) in [5.74, 6) is -0.263. The summed E-state index contributed by atoms with van der Waals surface area (Å²) in [5.41, 5.74) is 1.09. The maximum absolute atomic E-state index is 13.2. The summed E-state index contributed by atoms with van der Waals surface area (Å²) in [5, 5.41) is 12.0. The highest BCUT2D eigenvalue weighted by atomic mass is 32.2. The topological polar surface area (TPSA) is 49.2 Å². The number of hydrogen-bond donors (Lipinski definition) is 1. The largest absolute Gasteiger partial charge is 0.385 e. The van der Waals surface area contributed by atoms with Gasteiger partial charge in [0.2, 0.25) is 0 Å². The molecule has 132 valence electrons. The molecule has 4 rings (SSSR count). The van der Waals surface area contributed by atoms with Gasteiger partial charge in [-0.3, -0.25) is 4.90 Å². The minimum atomic E-state index is -0.852. The number of hydrogen-bond acceptors (Lipinski definition) is 5. The Morgan fingerprint density at radius 2 is 1.76 bits per heavy atom. The van der Waals surface area contributed by atoms with Crippen LogP contribution in [0.4, 0.5) is 4.39 Å². The van der Waals surface area contributed by atoms with Gasteiger partial charge in [-0.15, -0.1) is 0 Å². The van der Waals surface area contributed by atoms with Gasteiger partial charge < -0.3 is 5.11 Å². The van der Waals surface area contributed by atoms with Crippen LogP contribution in [0.25, 0.3) is 0 Å². The van der Waals surface area contributed by atoms with E-state index in [-0.39, 0.29) is 5.82 Å². The second-order valence-electron chi connectivity index (χ2n) is 7.08. The molecule has 2 aliphatic rings. The standard InChI is InChI=1S/C19H22FN3OS/c1-25-18-21-10-13(11-22-18)12-23-16-6-7-17(23)9-19(24,8-16)14-2-4-15(20)5-3-14/h2-5,10-11,16-17,24H,6-9,12H2,1H3/t16-,17+,19?. The fraction of sp³-hybridized carbons (Fsp3) is 0.474. The lowest BCUT2D eigenvalue weighted by atomic mass is 9.80. The molecule has 2 fully saturated rings. The Morgan fingerprint density at radius 1 is 1.16 bits per heavy atom. The van der Waals surface area contributed by atoms with Gasteiger partial charge >= 0.3 is 0 Å². The van der Waals surface area contributed by atoms with Crippen molar-refractivity contribution in [1.29, 1.82) is 0 Å². The SMILES string of the molecule is CSc1ncc(CN2[C@@H]3CC[C@H]2CC(O)(c2ccc(F)cc2)C3)cn1. The van der Waals surface area contributed by atoms with Crippen molar-refractivity contribution >= 4 is 11.8 Å². The monoisotopic (exact) mass is 359 g/mol. The van der Waals surface area contributed by atoms with Crippen molar-refractivity contribution in [3.63, 3.8) is 0 Å². The number of nitrogens with zero attached hydrogens (tertiary/aromatic N) is 3. The minimum absolute atomic E-state index is 0.263. The minimum Gasteiger partial charge on any atom is -0.385 e. The van der Waals surface area contributed by atoms with Crippen LogP contribution in [0.2, 0.25) is 0 Å². The Balaban J connectivity index is 1.50. The van der Waals surface area contributed by atoms with E-state index in [0.717, 1.165) is 35.7 Å². The quantitative estimate of drug-likeness (QED) is 0.670. The molecule has 3 heterocycles. The van der Waals surface area contributed by atoms with Crippen molar-refractivity contribution in [3.05, 3.63) is 53.6 Å². The lowest BCUT2D eigenvalue weighted by molar-refractivity contribution is -0.0595. The number of aliphatic hydroxyl groups is 1. The number of thioether (sulfide) groups is 1. The number of rotatable bonds is 4. The highest BCUT2D eigenvalue weighted by molar-refractivity contribution is 7.98. The first-order chi connectivity index (χ1) is 12.1. The fourth-order valence-electron chi connectivity index (χ4n) is 4.31. The smallest absolute Gasteiger partial charge is 0.187 e. The van der Waals surface area contributed by atoms with Crippen molar-refractivity contribution in [3.8, 4) is 0 Å². The Hall–Kier alpha value is -1.50. The molecule has 1 aromatic carbocycles. The van der Waals surface area contributed by atoms with Crippen LogP contribution in [0.3, 0.4) is 0 Å². The molecule has 25 heavy (non-hydrogen) atoms. The predicted molar refractivity (Wildman–Crippen MR) is 95.7 cm³/mol. The third-order valence-corrected chi connectivity index (χ3v) is 6.10. The highest BCUT2D eigenvalue weighted by Crippen LogP contribution is 2.46. The van der Waals surface area contributed by atoms with E-state index >= 15 is 0 Å². The van der Waals surface area contributed by atoms with Gasteiger partial charge in [0.05, 0.1) is 5.60 Å². The van der Waals surface area contributed by atoms with Gasteiger partial charge in [-0.05, 0) is 49.6 Å². The summed E-state index contributed by atoms with van der Waals surface area (Å²) >= 11 is 1.54. The molecule has 0 radical (unpaired) electrons. The number of halogens is 1. The predicted octanol–water partition coefficient (Wildman–Crippen LogP) is 3.35. The van der Waals surface area contributed by atoms with Crippen LogP contribution in [0.5, 0.6) is 0 Å². The third-order valence-electron chi connectivity index (χ3n) is 5.53. The van der Waals surface area contributed by atoms with Gasteiger partial charge in [-0.25, -0.2) is 14.4 Å². The highest BCUT2D eigenvalue weighted by Gasteiger charge is 2.48. The Labute approximate surface area is 151 Å². The van der Waals surface area contributed by atoms with E-state index in [2.05, 4.69) is 14.9 Å². The molecule has 4 nitrogen and oxygen atoms in total. The van der Waals surface area contributed by atoms with Gasteiger partial charge in [-0.1, -0.05) is 23.9 Å². The van der Waals surface area contributed by atoms with Crippen LogP contribution in [0, 0.1) is 5.82 Å². The summed E-state index contributed by atoms with van der Waals surface area (Å²) in [7, 11) is 0. The van der Waals surface area contributed by atoms with E-state index in [1.54, 1.807) is 12.1 Å². The normalized spacial score (nSPS) is 29.1. The molecule has 2 aliphatic heterocycles. The van der Waals surface area contributed by atoms with Gasteiger partial charge in [0.1, 0.15) is 5.82 Å². The molecule has 0 saturated carbocycles. The van der Waals surface area contributed by atoms with E-state index in [9.17, 15) is 9.50 Å². The summed E-state index contributed by atoms with van der Waals surface area (Å²) in [6.45, 7) is 0.823. The average molecular weight is 359 g/mol. The van der Waals surface area contributed by atoms with Crippen LogP contribution >= 0.6 is 11.8 Å². The summed E-state index contributed by atoms with van der Waals surface area (Å²) < 4.78 is 13.2. The second kappa shape index (κ2) is 6.67. The molecule has 2 aromatic rings. The molecule has 0 aliphatic carbocycles. The molecule has 3 atom stereocenters. The molecule has 1 aromatic heterocycles. The van der Waals surface area contributed by atoms with E-state index in [0.29, 0.717) is 24.9 Å². The molecule has 0 amide bonds. The average Bonchev–Trinajstić information content (AvgIpc) is 2.87. The summed E-state index contributed by atoms with van der Waals surface area (Å²) in [6.07, 6.45) is 9.35. The summed E-state index contributed by atoms with van der Waals surface area (Å²) in [6, 6.07) is 7.00. The second-order valence-corrected chi connectivity index (χ2v) is 7.86. The number of aromatic nitrogens is 2. The Kier molecular flexibility index (Phi) is 4.52. The number of piperidine rings is 1. The van der Waals surface area contributed by atoms with Crippen LogP contribution < -0.4 is 0 Å². The maximum atomic E-state index is 13.2. The van der Waals surface area contributed by atoms with Gasteiger partial charge in [0.15, 0.2) is 5.16 Å².